The molecule has 1 amide bonds. The first kappa shape index (κ1) is 52.6. The number of benzene rings is 3. The minimum Gasteiger partial charge on any atom is -0.481 e. The highest BCUT2D eigenvalue weighted by Gasteiger charge is 2.67. The molecule has 15 nitrogen and oxygen atoms in total. The topological polar surface area (TPSA) is 254 Å². The van der Waals surface area contributed by atoms with Gasteiger partial charge < -0.3 is 40.4 Å². The number of carboxylic acid groups (broad SMARTS) is 3. The Morgan fingerprint density at radius 2 is 1.34 bits per heavy atom. The highest BCUT2D eigenvalue weighted by molar-refractivity contribution is 9.09. The lowest BCUT2D eigenvalue weighted by Gasteiger charge is -2.61. The molecular formula is C48H58BrNO14. The molecule has 0 aromatic heterocycles. The van der Waals surface area contributed by atoms with Crippen LogP contribution in [0.3, 0.4) is 0 Å². The van der Waals surface area contributed by atoms with Crippen LogP contribution in [-0.2, 0) is 44.6 Å². The lowest BCUT2D eigenvalue weighted by atomic mass is 9.51. The van der Waals surface area contributed by atoms with Crippen molar-refractivity contribution in [3.63, 3.8) is 0 Å². The van der Waals surface area contributed by atoms with Gasteiger partial charge >= 0.3 is 29.8 Å². The van der Waals surface area contributed by atoms with E-state index in [0.717, 1.165) is 16.7 Å². The van der Waals surface area contributed by atoms with Crippen LogP contribution < -0.4 is 5.73 Å². The molecule has 64 heavy (non-hydrogen) atoms. The van der Waals surface area contributed by atoms with Crippen molar-refractivity contribution in [1.82, 2.24) is 0 Å². The number of primary amides is 1. The number of halogens is 1. The quantitative estimate of drug-likeness (QED) is 0.0882. The molecule has 7 rings (SSSR count). The van der Waals surface area contributed by atoms with Crippen LogP contribution in [0, 0.1) is 17.3 Å². The molecule has 1 saturated heterocycles. The van der Waals surface area contributed by atoms with Gasteiger partial charge in [0, 0.05) is 43.1 Å². The van der Waals surface area contributed by atoms with Crippen molar-refractivity contribution in [1.29, 1.82) is 0 Å². The summed E-state index contributed by atoms with van der Waals surface area (Å²) in [5, 5.41) is 36.4. The van der Waals surface area contributed by atoms with Crippen LogP contribution in [0.5, 0.6) is 0 Å². The van der Waals surface area contributed by atoms with Crippen molar-refractivity contribution in [2.75, 3.05) is 11.9 Å². The monoisotopic (exact) mass is 951 g/mol. The smallest absolute Gasteiger partial charge is 0.335 e. The Morgan fingerprint density at radius 3 is 1.75 bits per heavy atom. The van der Waals surface area contributed by atoms with E-state index in [4.69, 9.17) is 35.3 Å². The fourth-order valence-corrected chi connectivity index (χ4v) is 8.60. The van der Waals surface area contributed by atoms with Gasteiger partial charge in [0.05, 0.1) is 17.8 Å². The zero-order valence-corrected chi connectivity index (χ0v) is 38.2. The molecule has 346 valence electrons. The van der Waals surface area contributed by atoms with E-state index in [-0.39, 0.29) is 42.1 Å². The number of aromatic carboxylic acids is 1. The van der Waals surface area contributed by atoms with Crippen LogP contribution in [0.2, 0.25) is 0 Å². The first-order valence-electron chi connectivity index (χ1n) is 20.7. The number of hydrogen-bond donors (Lipinski definition) is 5. The molecule has 2 bridgehead atoms. The number of carbonyl (C=O) groups is 7. The van der Waals surface area contributed by atoms with E-state index < -0.39 is 58.5 Å². The number of esters is 2. The summed E-state index contributed by atoms with van der Waals surface area (Å²) in [6, 6.07) is 26.7. The minimum atomic E-state index is -1.12. The molecule has 1 heterocycles. The number of amides is 1. The molecule has 6 atom stereocenters. The number of Topliss-reactive ketones (excluding diaryl/α,β-unsaturated/α-hetero) is 1. The van der Waals surface area contributed by atoms with E-state index in [0.29, 0.717) is 49.7 Å². The van der Waals surface area contributed by atoms with Crippen molar-refractivity contribution in [3.05, 3.63) is 119 Å². The Labute approximate surface area is 381 Å². The summed E-state index contributed by atoms with van der Waals surface area (Å²) in [7, 11) is 0. The molecule has 3 aromatic rings. The second kappa shape index (κ2) is 23.8. The third-order valence-corrected chi connectivity index (χ3v) is 12.3. The van der Waals surface area contributed by atoms with Gasteiger partial charge in [-0.25, -0.2) is 4.79 Å². The third kappa shape index (κ3) is 13.9. The van der Waals surface area contributed by atoms with Crippen LogP contribution in [-0.4, -0.2) is 97.3 Å². The molecule has 3 fully saturated rings. The van der Waals surface area contributed by atoms with E-state index in [1.165, 1.54) is 13.8 Å². The van der Waals surface area contributed by atoms with Crippen molar-refractivity contribution in [2.45, 2.75) is 103 Å². The molecule has 6 unspecified atom stereocenters. The van der Waals surface area contributed by atoms with Crippen LogP contribution in [0.1, 0.15) is 99.4 Å². The number of aryl methyl sites for hydroxylation is 1. The summed E-state index contributed by atoms with van der Waals surface area (Å²) in [4.78, 5) is 77.9. The number of allylic oxidation sites excluding steroid dienone is 1. The van der Waals surface area contributed by atoms with Crippen molar-refractivity contribution in [3.8, 4) is 0 Å². The number of aliphatic carboxylic acids is 2. The Hall–Kier alpha value is -5.71. The van der Waals surface area contributed by atoms with Crippen LogP contribution in [0.4, 0.5) is 0 Å². The van der Waals surface area contributed by atoms with E-state index in [2.05, 4.69) is 15.9 Å². The van der Waals surface area contributed by atoms with Crippen molar-refractivity contribution in [2.24, 2.45) is 23.0 Å². The lowest BCUT2D eigenvalue weighted by molar-refractivity contribution is -0.301. The number of ketones is 1. The highest BCUT2D eigenvalue weighted by Crippen LogP contribution is 2.59. The maximum Gasteiger partial charge on any atom is 0.335 e. The second-order valence-electron chi connectivity index (χ2n) is 16.4. The van der Waals surface area contributed by atoms with Gasteiger partial charge in [-0.2, -0.15) is 0 Å². The van der Waals surface area contributed by atoms with Crippen molar-refractivity contribution >= 4 is 57.5 Å². The molecule has 3 aromatic carbocycles. The number of carbonyl (C=O) groups excluding carboxylic acids is 4. The number of aliphatic hydroxyl groups is 1. The maximum absolute atomic E-state index is 13.8. The normalized spacial score (nSPS) is 24.5. The molecule has 1 aliphatic heterocycles. The number of carboxylic acids is 3. The minimum absolute atomic E-state index is 0.0347. The van der Waals surface area contributed by atoms with Gasteiger partial charge in [-0.1, -0.05) is 102 Å². The fourth-order valence-electron chi connectivity index (χ4n) is 8.60. The zero-order valence-electron chi connectivity index (χ0n) is 36.7. The average molecular weight is 953 g/mol. The fraction of sp³-hybridized carbons (Fsp3) is 0.438. The van der Waals surface area contributed by atoms with E-state index in [1.807, 2.05) is 57.2 Å². The number of nitrogens with two attached hydrogens (primary N) is 1. The number of ether oxygens (including phenoxy) is 3. The largest absolute Gasteiger partial charge is 0.481 e. The van der Waals surface area contributed by atoms with Gasteiger partial charge in [-0.3, -0.25) is 28.8 Å². The summed E-state index contributed by atoms with van der Waals surface area (Å²) >= 11 is 2.71. The summed E-state index contributed by atoms with van der Waals surface area (Å²) in [5.41, 5.74) is 5.86. The standard InChI is InChI=1S/C23H32O7.C9H10O2.C7H7NO.C7H6O2.C2H3BrO2/c1-12-8-9-22(27)10-16-15(6-7-17-23(16,11-28-17)30-14(3)25)19(26)20(29-13(2)24)18(12)21(22,4)5;10-9(11)7-6-8-4-2-1-3-5-8;2*8-7(9)6-4-2-1-3-5-6;3-1-2(4)5/h15-17,20,27H,6-11H2,1-5H3;1-5H,6-7H2,(H,10,11);1-5H,(H2,8,9);1-5H,(H,8,9);1H2,(H,4,5). The van der Waals surface area contributed by atoms with Gasteiger partial charge in [0.2, 0.25) is 5.91 Å². The van der Waals surface area contributed by atoms with E-state index in [1.54, 1.807) is 54.6 Å². The van der Waals surface area contributed by atoms with Gasteiger partial charge in [-0.05, 0) is 80.9 Å². The Bertz CT molecular complexity index is 2080. The Kier molecular flexibility index (Phi) is 19.6. The predicted octanol–water partition coefficient (Wildman–Crippen LogP) is 6.83. The van der Waals surface area contributed by atoms with Gasteiger partial charge in [0.25, 0.3) is 0 Å². The Morgan fingerprint density at radius 1 is 0.812 bits per heavy atom. The van der Waals surface area contributed by atoms with Gasteiger partial charge in [-0.15, -0.1) is 0 Å². The van der Waals surface area contributed by atoms with E-state index >= 15 is 0 Å². The summed E-state index contributed by atoms with van der Waals surface area (Å²) in [6.07, 6.45) is 2.19. The van der Waals surface area contributed by atoms with Crippen LogP contribution in [0.15, 0.2) is 102 Å². The Balaban J connectivity index is 0.000000260. The van der Waals surface area contributed by atoms with Gasteiger partial charge in [0.15, 0.2) is 17.5 Å². The molecule has 4 aliphatic rings. The number of rotatable bonds is 8. The number of fused-ring (bicyclic) bond motifs is 5. The molecule has 0 spiro atoms. The maximum atomic E-state index is 13.8. The van der Waals surface area contributed by atoms with Gasteiger partial charge in [0.1, 0.15) is 11.4 Å². The summed E-state index contributed by atoms with van der Waals surface area (Å²) in [6.45, 7) is 8.69. The molecule has 6 N–H and O–H groups in total. The van der Waals surface area contributed by atoms with Crippen molar-refractivity contribution < 1.29 is 68.2 Å². The summed E-state index contributed by atoms with van der Waals surface area (Å²) in [5.74, 6) is -4.78. The van der Waals surface area contributed by atoms with Crippen LogP contribution in [0.25, 0.3) is 0 Å². The zero-order chi connectivity index (χ0) is 47.8. The third-order valence-electron chi connectivity index (χ3n) is 11.8. The number of hydrogen-bond acceptors (Lipinski definition) is 11. The molecular weight excluding hydrogens is 894 g/mol. The molecule has 2 saturated carbocycles. The highest BCUT2D eigenvalue weighted by atomic mass is 79.9. The SMILES string of the molecule is CC(=O)OC1C(=O)C2CCC3OCC3(OC(C)=O)C2CC2(O)CCC(C)=C1C2(C)C.NC(=O)c1ccccc1.O=C(O)CBr.O=C(O)CCc1ccccc1.O=C(O)c1ccccc1. The predicted molar refractivity (Wildman–Crippen MR) is 238 cm³/mol. The summed E-state index contributed by atoms with van der Waals surface area (Å²) < 4.78 is 17.2. The van der Waals surface area contributed by atoms with Crippen LogP contribution >= 0.6 is 15.9 Å². The lowest BCUT2D eigenvalue weighted by Crippen LogP contribution is -2.72. The first-order chi connectivity index (χ1) is 30.1. The number of alkyl halides is 1. The molecule has 0 radical (unpaired) electrons. The molecule has 16 heteroatoms. The second-order valence-corrected chi connectivity index (χ2v) is 17.0. The molecule has 3 aliphatic carbocycles. The average Bonchev–Trinajstić information content (AvgIpc) is 3.24. The van der Waals surface area contributed by atoms with E-state index in [9.17, 15) is 38.7 Å². The first-order valence-corrected chi connectivity index (χ1v) is 21.8.